The second kappa shape index (κ2) is 42.3. The molecule has 1 aliphatic heterocycles. The molecule has 7 atom stereocenters. The van der Waals surface area contributed by atoms with Gasteiger partial charge in [-0.3, -0.25) is 4.79 Å². The Morgan fingerprint density at radius 2 is 0.984 bits per heavy atom. The van der Waals surface area contributed by atoms with Crippen molar-refractivity contribution in [1.82, 2.24) is 5.32 Å². The highest BCUT2D eigenvalue weighted by molar-refractivity contribution is 5.76. The standard InChI is InChI=1S/C53H91NO8/c1-3-5-7-9-11-13-15-17-19-21-22-23-24-25-26-27-29-31-33-35-37-39-41-43-49(57)54-46(45-61-53-52(60)51(59)50(58)48(44-55)62-53)47(56)42-40-38-36-34-32-30-28-20-18-16-14-12-10-8-6-4-2/h5,7,11,13,17,19,22-23,25-26,29,31,35,37,46-48,50-53,55-56,58-60H,3-4,6,8-10,12,14-16,18,20-21,24,27-28,30,32-34,36,38-45H2,1-2H3,(H,54,57)/b7-5-,13-11-,19-17-,23-22-,26-25-,31-29-,37-35-. The van der Waals surface area contributed by atoms with Crippen LogP contribution in [0.2, 0.25) is 0 Å². The lowest BCUT2D eigenvalue weighted by atomic mass is 9.99. The smallest absolute Gasteiger partial charge is 0.220 e. The molecule has 0 aromatic rings. The van der Waals surface area contributed by atoms with Gasteiger partial charge in [0.25, 0.3) is 0 Å². The van der Waals surface area contributed by atoms with Crippen molar-refractivity contribution in [3.63, 3.8) is 0 Å². The number of allylic oxidation sites excluding steroid dienone is 14. The highest BCUT2D eigenvalue weighted by Crippen LogP contribution is 2.23. The highest BCUT2D eigenvalue weighted by atomic mass is 16.7. The number of hydrogen-bond acceptors (Lipinski definition) is 8. The summed E-state index contributed by atoms with van der Waals surface area (Å²) in [5, 5.41) is 54.4. The predicted octanol–water partition coefficient (Wildman–Crippen LogP) is 11.1. The van der Waals surface area contributed by atoms with E-state index in [0.29, 0.717) is 12.8 Å². The fourth-order valence-corrected chi connectivity index (χ4v) is 7.33. The summed E-state index contributed by atoms with van der Waals surface area (Å²) in [6.07, 6.45) is 51.6. The third-order valence-corrected chi connectivity index (χ3v) is 11.3. The van der Waals surface area contributed by atoms with Crippen LogP contribution >= 0.6 is 0 Å². The van der Waals surface area contributed by atoms with Gasteiger partial charge in [0.1, 0.15) is 24.4 Å². The first-order valence-corrected chi connectivity index (χ1v) is 24.8. The molecular weight excluding hydrogens is 779 g/mol. The number of hydrogen-bond donors (Lipinski definition) is 6. The predicted molar refractivity (Wildman–Crippen MR) is 258 cm³/mol. The summed E-state index contributed by atoms with van der Waals surface area (Å²) in [5.74, 6) is -0.205. The van der Waals surface area contributed by atoms with Crippen LogP contribution in [0.1, 0.15) is 187 Å². The Labute approximate surface area is 378 Å². The van der Waals surface area contributed by atoms with Crippen molar-refractivity contribution in [3.8, 4) is 0 Å². The van der Waals surface area contributed by atoms with Crippen molar-refractivity contribution < 1.29 is 39.8 Å². The molecule has 0 radical (unpaired) electrons. The van der Waals surface area contributed by atoms with Crippen molar-refractivity contribution in [2.24, 2.45) is 0 Å². The molecule has 1 rings (SSSR count). The third kappa shape index (κ3) is 32.1. The first kappa shape index (κ1) is 57.4. The molecule has 0 saturated carbocycles. The molecule has 1 saturated heterocycles. The van der Waals surface area contributed by atoms with Crippen molar-refractivity contribution >= 4 is 5.91 Å². The van der Waals surface area contributed by atoms with Crippen LogP contribution in [0.15, 0.2) is 85.1 Å². The molecule has 0 spiro atoms. The van der Waals surface area contributed by atoms with Gasteiger partial charge in [-0.1, -0.05) is 202 Å². The molecule has 1 amide bonds. The van der Waals surface area contributed by atoms with Gasteiger partial charge >= 0.3 is 0 Å². The van der Waals surface area contributed by atoms with Crippen molar-refractivity contribution in [3.05, 3.63) is 85.1 Å². The molecule has 356 valence electrons. The maximum Gasteiger partial charge on any atom is 0.220 e. The Morgan fingerprint density at radius 3 is 1.42 bits per heavy atom. The summed E-state index contributed by atoms with van der Waals surface area (Å²) in [6.45, 7) is 3.68. The monoisotopic (exact) mass is 870 g/mol. The molecule has 0 aromatic carbocycles. The number of rotatable bonds is 40. The molecular formula is C53H91NO8. The maximum atomic E-state index is 13.0. The minimum absolute atomic E-state index is 0.166. The van der Waals surface area contributed by atoms with E-state index in [1.807, 2.05) is 0 Å². The van der Waals surface area contributed by atoms with Gasteiger partial charge in [-0.15, -0.1) is 0 Å². The Hall–Kier alpha value is -2.63. The van der Waals surface area contributed by atoms with Gasteiger partial charge in [-0.25, -0.2) is 0 Å². The molecule has 1 aliphatic rings. The highest BCUT2D eigenvalue weighted by Gasteiger charge is 2.44. The first-order chi connectivity index (χ1) is 30.3. The first-order valence-electron chi connectivity index (χ1n) is 24.8. The Balaban J connectivity index is 2.36. The topological polar surface area (TPSA) is 149 Å². The van der Waals surface area contributed by atoms with Gasteiger partial charge in [0, 0.05) is 6.42 Å². The van der Waals surface area contributed by atoms with E-state index in [9.17, 15) is 30.3 Å². The van der Waals surface area contributed by atoms with Crippen LogP contribution < -0.4 is 5.32 Å². The van der Waals surface area contributed by atoms with Crippen LogP contribution in [0.3, 0.4) is 0 Å². The number of amides is 1. The summed E-state index contributed by atoms with van der Waals surface area (Å²) >= 11 is 0. The van der Waals surface area contributed by atoms with Crippen LogP contribution in [0.4, 0.5) is 0 Å². The average molecular weight is 870 g/mol. The number of carbonyl (C=O) groups excluding carboxylic acids is 1. The zero-order valence-corrected chi connectivity index (χ0v) is 39.1. The average Bonchev–Trinajstić information content (AvgIpc) is 3.27. The summed E-state index contributed by atoms with van der Waals surface area (Å²) in [5.41, 5.74) is 0. The van der Waals surface area contributed by atoms with Gasteiger partial charge in [-0.2, -0.15) is 0 Å². The number of unbranched alkanes of at least 4 members (excludes halogenated alkanes) is 16. The number of aliphatic hydroxyl groups is 5. The van der Waals surface area contributed by atoms with Gasteiger partial charge in [0.2, 0.25) is 5.91 Å². The minimum atomic E-state index is -1.57. The van der Waals surface area contributed by atoms with Gasteiger partial charge in [0.05, 0.1) is 25.4 Å². The van der Waals surface area contributed by atoms with E-state index in [2.05, 4.69) is 104 Å². The van der Waals surface area contributed by atoms with E-state index in [-0.39, 0.29) is 18.9 Å². The van der Waals surface area contributed by atoms with E-state index in [1.165, 1.54) is 83.5 Å². The molecule has 9 nitrogen and oxygen atoms in total. The fraction of sp³-hybridized carbons (Fsp3) is 0.717. The maximum absolute atomic E-state index is 13.0. The lowest BCUT2D eigenvalue weighted by molar-refractivity contribution is -0.302. The number of aliphatic hydroxyl groups excluding tert-OH is 5. The zero-order valence-electron chi connectivity index (χ0n) is 39.1. The van der Waals surface area contributed by atoms with Crippen LogP contribution in [-0.4, -0.2) is 87.5 Å². The molecule has 62 heavy (non-hydrogen) atoms. The number of ether oxygens (including phenoxy) is 2. The summed E-state index contributed by atoms with van der Waals surface area (Å²) in [4.78, 5) is 13.0. The van der Waals surface area contributed by atoms with Crippen LogP contribution in [-0.2, 0) is 14.3 Å². The minimum Gasteiger partial charge on any atom is -0.394 e. The lowest BCUT2D eigenvalue weighted by Gasteiger charge is -2.40. The van der Waals surface area contributed by atoms with Gasteiger partial charge in [-0.05, 0) is 64.2 Å². The number of carbonyl (C=O) groups is 1. The summed E-state index contributed by atoms with van der Waals surface area (Å²) in [6, 6.07) is -0.755. The second-order valence-electron chi connectivity index (χ2n) is 16.9. The van der Waals surface area contributed by atoms with E-state index < -0.39 is 49.5 Å². The summed E-state index contributed by atoms with van der Waals surface area (Å²) < 4.78 is 11.3. The largest absolute Gasteiger partial charge is 0.394 e. The molecule has 7 unspecified atom stereocenters. The Kier molecular flexibility index (Phi) is 39.2. The quantitative estimate of drug-likeness (QED) is 0.0263. The normalized spacial score (nSPS) is 21.0. The molecule has 6 N–H and O–H groups in total. The van der Waals surface area contributed by atoms with Crippen LogP contribution in [0, 0.1) is 0 Å². The van der Waals surface area contributed by atoms with Crippen molar-refractivity contribution in [1.29, 1.82) is 0 Å². The van der Waals surface area contributed by atoms with Crippen molar-refractivity contribution in [2.75, 3.05) is 13.2 Å². The third-order valence-electron chi connectivity index (χ3n) is 11.3. The Morgan fingerprint density at radius 1 is 0.565 bits per heavy atom. The van der Waals surface area contributed by atoms with E-state index in [0.717, 1.165) is 70.6 Å². The summed E-state index contributed by atoms with van der Waals surface area (Å²) in [7, 11) is 0. The van der Waals surface area contributed by atoms with Gasteiger partial charge < -0.3 is 40.3 Å². The van der Waals surface area contributed by atoms with E-state index >= 15 is 0 Å². The van der Waals surface area contributed by atoms with E-state index in [4.69, 9.17) is 9.47 Å². The van der Waals surface area contributed by atoms with Gasteiger partial charge in [0.15, 0.2) is 6.29 Å². The number of nitrogens with one attached hydrogen (secondary N) is 1. The fourth-order valence-electron chi connectivity index (χ4n) is 7.33. The Bertz CT molecular complexity index is 1240. The van der Waals surface area contributed by atoms with Crippen LogP contribution in [0.5, 0.6) is 0 Å². The second-order valence-corrected chi connectivity index (χ2v) is 16.9. The lowest BCUT2D eigenvalue weighted by Crippen LogP contribution is -2.60. The molecule has 0 aromatic heterocycles. The molecule has 1 fully saturated rings. The van der Waals surface area contributed by atoms with E-state index in [1.54, 1.807) is 0 Å². The van der Waals surface area contributed by atoms with Crippen molar-refractivity contribution in [2.45, 2.75) is 230 Å². The SMILES string of the molecule is CC/C=C\C/C=C\C/C=C\C/C=C\C/C=C\C/C=C\C/C=C\CCCC(=O)NC(COC1OC(CO)C(O)C(O)C1O)C(O)CCCCCCCCCCCCCCCCCC. The molecule has 1 heterocycles. The molecule has 9 heteroatoms. The van der Waals surface area contributed by atoms with Crippen LogP contribution in [0.25, 0.3) is 0 Å². The molecule has 0 aliphatic carbocycles. The molecule has 0 bridgehead atoms. The zero-order chi connectivity index (χ0) is 45.1.